The molecule has 6 heteroatoms. The van der Waals surface area contributed by atoms with Gasteiger partial charge in [0.2, 0.25) is 0 Å². The highest BCUT2D eigenvalue weighted by Crippen LogP contribution is 2.15. The van der Waals surface area contributed by atoms with Gasteiger partial charge in [-0.15, -0.1) is 0 Å². The fraction of sp³-hybridized carbons (Fsp3) is 0.235. The third-order valence-corrected chi connectivity index (χ3v) is 3.11. The van der Waals surface area contributed by atoms with Crippen LogP contribution in [0.1, 0.15) is 15.9 Å². The van der Waals surface area contributed by atoms with Crippen molar-refractivity contribution in [2.45, 2.75) is 13.0 Å². The van der Waals surface area contributed by atoms with Gasteiger partial charge in [-0.2, -0.15) is 0 Å². The number of nitrogens with one attached hydrogen (secondary N) is 1. The average Bonchev–Trinajstić information content (AvgIpc) is 2.53. The van der Waals surface area contributed by atoms with E-state index in [-0.39, 0.29) is 24.8 Å². The Morgan fingerprint density at radius 2 is 2.00 bits per heavy atom. The van der Waals surface area contributed by atoms with Gasteiger partial charge < -0.3 is 15.2 Å². The van der Waals surface area contributed by atoms with Crippen molar-refractivity contribution in [3.05, 3.63) is 65.2 Å². The Morgan fingerprint density at radius 1 is 1.22 bits per heavy atom. The number of halogens is 2. The predicted molar refractivity (Wildman–Crippen MR) is 81.4 cm³/mol. The normalized spacial score (nSPS) is 11.8. The lowest BCUT2D eigenvalue weighted by atomic mass is 10.1. The summed E-state index contributed by atoms with van der Waals surface area (Å²) in [6, 6.07) is 10.2. The lowest BCUT2D eigenvalue weighted by Gasteiger charge is -2.13. The molecule has 2 aromatic carbocycles. The molecule has 2 rings (SSSR count). The molecule has 2 N–H and O–H groups in total. The fourth-order valence-electron chi connectivity index (χ4n) is 1.92. The van der Waals surface area contributed by atoms with Crippen LogP contribution >= 0.6 is 0 Å². The van der Waals surface area contributed by atoms with Crippen LogP contribution in [0.15, 0.2) is 42.5 Å². The van der Waals surface area contributed by atoms with Crippen LogP contribution in [0.25, 0.3) is 0 Å². The number of ether oxygens (including phenoxy) is 1. The van der Waals surface area contributed by atoms with E-state index in [1.54, 1.807) is 18.2 Å². The summed E-state index contributed by atoms with van der Waals surface area (Å²) in [5, 5.41) is 12.4. The SMILES string of the molecule is Cc1cccc(C(=O)NCC(O)COc2ccc(F)c(F)c2)c1. The second-order valence-corrected chi connectivity index (χ2v) is 5.12. The molecule has 2 aromatic rings. The Balaban J connectivity index is 1.79. The van der Waals surface area contributed by atoms with Gasteiger partial charge in [-0.25, -0.2) is 8.78 Å². The molecule has 1 atom stereocenters. The second-order valence-electron chi connectivity index (χ2n) is 5.12. The zero-order valence-electron chi connectivity index (χ0n) is 12.6. The van der Waals surface area contributed by atoms with E-state index in [0.29, 0.717) is 5.56 Å². The van der Waals surface area contributed by atoms with Crippen LogP contribution in [0.2, 0.25) is 0 Å². The first-order chi connectivity index (χ1) is 11.0. The van der Waals surface area contributed by atoms with Gasteiger partial charge in [-0.1, -0.05) is 17.7 Å². The Bertz CT molecular complexity index is 691. The van der Waals surface area contributed by atoms with Gasteiger partial charge in [-0.3, -0.25) is 4.79 Å². The van der Waals surface area contributed by atoms with Crippen molar-refractivity contribution in [2.24, 2.45) is 0 Å². The van der Waals surface area contributed by atoms with Crippen LogP contribution in [-0.4, -0.2) is 30.3 Å². The van der Waals surface area contributed by atoms with Gasteiger partial charge in [0, 0.05) is 18.2 Å². The average molecular weight is 321 g/mol. The van der Waals surface area contributed by atoms with Crippen LogP contribution in [-0.2, 0) is 0 Å². The summed E-state index contributed by atoms with van der Waals surface area (Å²) in [5.74, 6) is -2.19. The number of rotatable bonds is 6. The van der Waals surface area contributed by atoms with E-state index in [2.05, 4.69) is 5.32 Å². The van der Waals surface area contributed by atoms with E-state index in [9.17, 15) is 18.7 Å². The van der Waals surface area contributed by atoms with E-state index in [0.717, 1.165) is 17.7 Å². The number of carbonyl (C=O) groups is 1. The number of benzene rings is 2. The molecule has 23 heavy (non-hydrogen) atoms. The van der Waals surface area contributed by atoms with Crippen molar-refractivity contribution < 1.29 is 23.4 Å². The highest BCUT2D eigenvalue weighted by atomic mass is 19.2. The molecule has 1 unspecified atom stereocenters. The molecular formula is C17H17F2NO3. The maximum absolute atomic E-state index is 13.0. The molecule has 1 amide bonds. The summed E-state index contributed by atoms with van der Waals surface area (Å²) in [4.78, 5) is 11.9. The molecule has 0 saturated heterocycles. The summed E-state index contributed by atoms with van der Waals surface area (Å²) < 4.78 is 30.9. The molecule has 0 fully saturated rings. The van der Waals surface area contributed by atoms with E-state index in [1.165, 1.54) is 6.07 Å². The minimum Gasteiger partial charge on any atom is -0.491 e. The van der Waals surface area contributed by atoms with Crippen LogP contribution in [0.5, 0.6) is 5.75 Å². The number of amides is 1. The van der Waals surface area contributed by atoms with Crippen molar-refractivity contribution in [1.29, 1.82) is 0 Å². The molecule has 122 valence electrons. The minimum absolute atomic E-state index is 0.0174. The summed E-state index contributed by atoms with van der Waals surface area (Å²) in [6.07, 6.45) is -0.975. The molecule has 0 aliphatic rings. The maximum atomic E-state index is 13.0. The maximum Gasteiger partial charge on any atom is 0.251 e. The van der Waals surface area contributed by atoms with Crippen molar-refractivity contribution in [3.63, 3.8) is 0 Å². The molecule has 0 aliphatic carbocycles. The smallest absolute Gasteiger partial charge is 0.251 e. The quantitative estimate of drug-likeness (QED) is 0.859. The van der Waals surface area contributed by atoms with Crippen LogP contribution in [0.4, 0.5) is 8.78 Å². The van der Waals surface area contributed by atoms with Gasteiger partial charge >= 0.3 is 0 Å². The van der Waals surface area contributed by atoms with Crippen LogP contribution in [0.3, 0.4) is 0 Å². The third kappa shape index (κ3) is 5.03. The largest absolute Gasteiger partial charge is 0.491 e. The molecule has 0 aliphatic heterocycles. The first-order valence-electron chi connectivity index (χ1n) is 7.06. The number of aliphatic hydroxyl groups is 1. The Labute approximate surface area is 132 Å². The third-order valence-electron chi connectivity index (χ3n) is 3.11. The number of hydrogen-bond acceptors (Lipinski definition) is 3. The lowest BCUT2D eigenvalue weighted by molar-refractivity contribution is 0.0843. The Morgan fingerprint density at radius 3 is 2.70 bits per heavy atom. The zero-order valence-corrected chi connectivity index (χ0v) is 12.6. The number of aliphatic hydroxyl groups excluding tert-OH is 1. The minimum atomic E-state index is -1.02. The fourth-order valence-corrected chi connectivity index (χ4v) is 1.92. The molecule has 0 aromatic heterocycles. The second kappa shape index (κ2) is 7.69. The molecule has 0 saturated carbocycles. The van der Waals surface area contributed by atoms with Crippen molar-refractivity contribution >= 4 is 5.91 Å². The molecule has 4 nitrogen and oxygen atoms in total. The Kier molecular flexibility index (Phi) is 5.65. The van der Waals surface area contributed by atoms with Gasteiger partial charge in [0.1, 0.15) is 18.5 Å². The summed E-state index contributed by atoms with van der Waals surface area (Å²) >= 11 is 0. The van der Waals surface area contributed by atoms with E-state index in [1.807, 2.05) is 13.0 Å². The predicted octanol–water partition coefficient (Wildman–Crippen LogP) is 2.44. The number of aryl methyl sites for hydroxylation is 1. The standard InChI is InChI=1S/C17H17F2NO3/c1-11-3-2-4-12(7-11)17(22)20-9-13(21)10-23-14-5-6-15(18)16(19)8-14/h2-8,13,21H,9-10H2,1H3,(H,20,22). The van der Waals surface area contributed by atoms with Crippen LogP contribution < -0.4 is 10.1 Å². The Hall–Kier alpha value is -2.47. The number of carbonyl (C=O) groups excluding carboxylic acids is 1. The summed E-state index contributed by atoms with van der Waals surface area (Å²) in [5.41, 5.74) is 1.46. The van der Waals surface area contributed by atoms with Crippen LogP contribution in [0, 0.1) is 18.6 Å². The first kappa shape index (κ1) is 16.9. The highest BCUT2D eigenvalue weighted by Gasteiger charge is 2.11. The van der Waals surface area contributed by atoms with Gasteiger partial charge in [0.25, 0.3) is 5.91 Å². The van der Waals surface area contributed by atoms with Crippen molar-refractivity contribution in [3.8, 4) is 5.75 Å². The monoisotopic (exact) mass is 321 g/mol. The zero-order chi connectivity index (χ0) is 16.8. The van der Waals surface area contributed by atoms with E-state index >= 15 is 0 Å². The summed E-state index contributed by atoms with van der Waals surface area (Å²) in [6.45, 7) is 1.71. The summed E-state index contributed by atoms with van der Waals surface area (Å²) in [7, 11) is 0. The molecule has 0 radical (unpaired) electrons. The van der Waals surface area contributed by atoms with Gasteiger partial charge in [0.15, 0.2) is 11.6 Å². The van der Waals surface area contributed by atoms with E-state index < -0.39 is 17.7 Å². The van der Waals surface area contributed by atoms with Gasteiger partial charge in [-0.05, 0) is 31.2 Å². The van der Waals surface area contributed by atoms with E-state index in [4.69, 9.17) is 4.74 Å². The van der Waals surface area contributed by atoms with Crippen molar-refractivity contribution in [1.82, 2.24) is 5.32 Å². The lowest BCUT2D eigenvalue weighted by Crippen LogP contribution is -2.35. The van der Waals surface area contributed by atoms with Gasteiger partial charge in [0.05, 0.1) is 0 Å². The number of hydrogen-bond donors (Lipinski definition) is 2. The highest BCUT2D eigenvalue weighted by molar-refractivity contribution is 5.94. The molecule has 0 heterocycles. The molecular weight excluding hydrogens is 304 g/mol. The molecule has 0 spiro atoms. The van der Waals surface area contributed by atoms with Crippen molar-refractivity contribution in [2.75, 3.05) is 13.2 Å². The topological polar surface area (TPSA) is 58.6 Å². The molecule has 0 bridgehead atoms. The first-order valence-corrected chi connectivity index (χ1v) is 7.06.